The standard InChI is InChI=1S/C14H18N2OS/c1-9(7-10-3-4-10)16-13-6-5-11(17-2)8-12(13)15-14(16)18/h5-6,8-10H,3-4,7H2,1-2H3,(H,15,18). The number of ether oxygens (including phenoxy) is 1. The topological polar surface area (TPSA) is 29.9 Å². The highest BCUT2D eigenvalue weighted by molar-refractivity contribution is 7.71. The zero-order valence-electron chi connectivity index (χ0n) is 10.8. The van der Waals surface area contributed by atoms with Crippen LogP contribution in [0.2, 0.25) is 0 Å². The van der Waals surface area contributed by atoms with Crippen LogP contribution in [0.5, 0.6) is 5.75 Å². The lowest BCUT2D eigenvalue weighted by atomic mass is 10.1. The number of hydrogen-bond donors (Lipinski definition) is 1. The number of hydrogen-bond acceptors (Lipinski definition) is 2. The molecule has 0 amide bonds. The second-order valence-corrected chi connectivity index (χ2v) is 5.60. The Labute approximate surface area is 112 Å². The Kier molecular flexibility index (Phi) is 2.90. The van der Waals surface area contributed by atoms with Crippen molar-refractivity contribution < 1.29 is 4.74 Å². The summed E-state index contributed by atoms with van der Waals surface area (Å²) < 4.78 is 8.29. The van der Waals surface area contributed by atoms with Crippen molar-refractivity contribution in [3.05, 3.63) is 23.0 Å². The van der Waals surface area contributed by atoms with Gasteiger partial charge in [0.1, 0.15) is 5.75 Å². The minimum atomic E-state index is 0.465. The predicted octanol–water partition coefficient (Wildman–Crippen LogP) is 4.07. The number of methoxy groups -OCH3 is 1. The Morgan fingerprint density at radius 2 is 2.28 bits per heavy atom. The van der Waals surface area contributed by atoms with Crippen molar-refractivity contribution in [2.45, 2.75) is 32.2 Å². The van der Waals surface area contributed by atoms with Crippen LogP contribution in [0.4, 0.5) is 0 Å². The smallest absolute Gasteiger partial charge is 0.178 e. The molecule has 3 nitrogen and oxygen atoms in total. The summed E-state index contributed by atoms with van der Waals surface area (Å²) >= 11 is 5.45. The minimum absolute atomic E-state index is 0.465. The zero-order chi connectivity index (χ0) is 12.7. The predicted molar refractivity (Wildman–Crippen MR) is 75.7 cm³/mol. The molecule has 18 heavy (non-hydrogen) atoms. The molecule has 3 rings (SSSR count). The van der Waals surface area contributed by atoms with Crippen LogP contribution in [0.3, 0.4) is 0 Å². The lowest BCUT2D eigenvalue weighted by Gasteiger charge is -2.14. The number of imidazole rings is 1. The van der Waals surface area contributed by atoms with Gasteiger partial charge in [-0.2, -0.15) is 0 Å². The van der Waals surface area contributed by atoms with E-state index in [1.165, 1.54) is 24.8 Å². The number of rotatable bonds is 4. The summed E-state index contributed by atoms with van der Waals surface area (Å²) in [5.41, 5.74) is 2.23. The number of nitrogens with one attached hydrogen (secondary N) is 1. The molecule has 1 atom stereocenters. The van der Waals surface area contributed by atoms with E-state index < -0.39 is 0 Å². The van der Waals surface area contributed by atoms with E-state index >= 15 is 0 Å². The molecule has 1 aromatic heterocycles. The molecule has 1 N–H and O–H groups in total. The molecule has 1 unspecified atom stereocenters. The van der Waals surface area contributed by atoms with Crippen LogP contribution in [0.25, 0.3) is 11.0 Å². The third-order valence-electron chi connectivity index (χ3n) is 3.74. The number of benzene rings is 1. The van der Waals surface area contributed by atoms with Gasteiger partial charge in [0.25, 0.3) is 0 Å². The largest absolute Gasteiger partial charge is 0.497 e. The fraction of sp³-hybridized carbons (Fsp3) is 0.500. The number of fused-ring (bicyclic) bond motifs is 1. The van der Waals surface area contributed by atoms with E-state index in [2.05, 4.69) is 22.5 Å². The van der Waals surface area contributed by atoms with Crippen molar-refractivity contribution in [3.8, 4) is 5.75 Å². The summed E-state index contributed by atoms with van der Waals surface area (Å²) in [4.78, 5) is 3.27. The van der Waals surface area contributed by atoms with Crippen LogP contribution < -0.4 is 4.74 Å². The quantitative estimate of drug-likeness (QED) is 0.842. The fourth-order valence-corrected chi connectivity index (χ4v) is 3.00. The van der Waals surface area contributed by atoms with Gasteiger partial charge in [0.15, 0.2) is 4.77 Å². The number of nitrogens with zero attached hydrogens (tertiary/aromatic N) is 1. The molecule has 0 saturated heterocycles. The SMILES string of the molecule is COc1ccc2c(c1)[nH]c(=S)n2C(C)CC1CC1. The molecule has 1 aliphatic rings. The Morgan fingerprint density at radius 1 is 1.50 bits per heavy atom. The summed E-state index contributed by atoms with van der Waals surface area (Å²) in [6.45, 7) is 2.26. The third-order valence-corrected chi connectivity index (χ3v) is 4.03. The van der Waals surface area contributed by atoms with Crippen LogP contribution in [0.1, 0.15) is 32.2 Å². The molecule has 0 bridgehead atoms. The van der Waals surface area contributed by atoms with Crippen LogP contribution in [0.15, 0.2) is 18.2 Å². The summed E-state index contributed by atoms with van der Waals surface area (Å²) in [7, 11) is 1.68. The third kappa shape index (κ3) is 2.05. The van der Waals surface area contributed by atoms with E-state index in [-0.39, 0.29) is 0 Å². The van der Waals surface area contributed by atoms with Crippen molar-refractivity contribution in [2.24, 2.45) is 5.92 Å². The monoisotopic (exact) mass is 262 g/mol. The van der Waals surface area contributed by atoms with Gasteiger partial charge in [-0.25, -0.2) is 0 Å². The van der Waals surface area contributed by atoms with Crippen molar-refractivity contribution >= 4 is 23.3 Å². The average Bonchev–Trinajstić information content (AvgIpc) is 3.08. The highest BCUT2D eigenvalue weighted by atomic mass is 32.1. The Hall–Kier alpha value is -1.29. The molecule has 4 heteroatoms. The molecule has 1 saturated carbocycles. The molecule has 96 valence electrons. The first-order valence-electron chi connectivity index (χ1n) is 6.47. The maximum Gasteiger partial charge on any atom is 0.178 e. The lowest BCUT2D eigenvalue weighted by molar-refractivity contribution is 0.415. The van der Waals surface area contributed by atoms with Gasteiger partial charge in [0, 0.05) is 12.1 Å². The van der Waals surface area contributed by atoms with Crippen LogP contribution in [-0.2, 0) is 0 Å². The van der Waals surface area contributed by atoms with E-state index in [0.717, 1.165) is 22.0 Å². The summed E-state index contributed by atoms with van der Waals surface area (Å²) in [5.74, 6) is 1.77. The van der Waals surface area contributed by atoms with Gasteiger partial charge in [-0.05, 0) is 43.6 Å². The number of H-pyrrole nitrogens is 1. The maximum atomic E-state index is 5.45. The average molecular weight is 262 g/mol. The molecular formula is C14H18N2OS. The van der Waals surface area contributed by atoms with Gasteiger partial charge < -0.3 is 14.3 Å². The molecular weight excluding hydrogens is 244 g/mol. The first-order chi connectivity index (χ1) is 8.69. The van der Waals surface area contributed by atoms with Crippen molar-refractivity contribution in [1.82, 2.24) is 9.55 Å². The van der Waals surface area contributed by atoms with Gasteiger partial charge in [0.2, 0.25) is 0 Å². The van der Waals surface area contributed by atoms with Gasteiger partial charge >= 0.3 is 0 Å². The molecule has 1 fully saturated rings. The summed E-state index contributed by atoms with van der Waals surface area (Å²) in [5, 5.41) is 0. The molecule has 1 heterocycles. The van der Waals surface area contributed by atoms with Gasteiger partial charge in [-0.3, -0.25) is 0 Å². The fourth-order valence-electron chi connectivity index (χ4n) is 2.62. The van der Waals surface area contributed by atoms with Gasteiger partial charge in [-0.1, -0.05) is 12.8 Å². The second-order valence-electron chi connectivity index (χ2n) is 5.21. The minimum Gasteiger partial charge on any atom is -0.497 e. The molecule has 0 radical (unpaired) electrons. The Morgan fingerprint density at radius 3 is 2.94 bits per heavy atom. The first kappa shape index (κ1) is 11.8. The number of aromatic amines is 1. The van der Waals surface area contributed by atoms with E-state index in [1.807, 2.05) is 12.1 Å². The summed E-state index contributed by atoms with van der Waals surface area (Å²) in [6, 6.07) is 6.55. The van der Waals surface area contributed by atoms with Crippen LogP contribution >= 0.6 is 12.2 Å². The van der Waals surface area contributed by atoms with E-state index in [4.69, 9.17) is 17.0 Å². The molecule has 2 aromatic rings. The lowest BCUT2D eigenvalue weighted by Crippen LogP contribution is -2.05. The number of aromatic nitrogens is 2. The zero-order valence-corrected chi connectivity index (χ0v) is 11.6. The normalized spacial score (nSPS) is 17.0. The Balaban J connectivity index is 2.04. The van der Waals surface area contributed by atoms with E-state index in [0.29, 0.717) is 6.04 Å². The van der Waals surface area contributed by atoms with E-state index in [1.54, 1.807) is 7.11 Å². The van der Waals surface area contributed by atoms with Crippen molar-refractivity contribution in [1.29, 1.82) is 0 Å². The molecule has 0 aliphatic heterocycles. The highest BCUT2D eigenvalue weighted by Gasteiger charge is 2.25. The summed E-state index contributed by atoms with van der Waals surface area (Å²) in [6.07, 6.45) is 4.00. The molecule has 1 aliphatic carbocycles. The van der Waals surface area contributed by atoms with Crippen molar-refractivity contribution in [2.75, 3.05) is 7.11 Å². The van der Waals surface area contributed by atoms with Crippen molar-refractivity contribution in [3.63, 3.8) is 0 Å². The maximum absolute atomic E-state index is 5.45. The van der Waals surface area contributed by atoms with Gasteiger partial charge in [-0.15, -0.1) is 0 Å². The van der Waals surface area contributed by atoms with Crippen LogP contribution in [-0.4, -0.2) is 16.7 Å². The molecule has 1 aromatic carbocycles. The molecule has 0 spiro atoms. The van der Waals surface area contributed by atoms with Crippen LogP contribution in [0, 0.1) is 10.7 Å². The second kappa shape index (κ2) is 4.43. The van der Waals surface area contributed by atoms with E-state index in [9.17, 15) is 0 Å². The Bertz CT molecular complexity index is 624. The van der Waals surface area contributed by atoms with Gasteiger partial charge in [0.05, 0.1) is 18.1 Å². The first-order valence-corrected chi connectivity index (χ1v) is 6.88. The highest BCUT2D eigenvalue weighted by Crippen LogP contribution is 2.37.